The van der Waals surface area contributed by atoms with Gasteiger partial charge in [-0.2, -0.15) is 52.5 Å². The number of hydrogen-bond acceptors (Lipinski definition) is 16. The van der Waals surface area contributed by atoms with Crippen LogP contribution in [0.2, 0.25) is 0 Å². The smallest absolute Gasteiger partial charge is 0.261 e. The molecule has 0 unspecified atom stereocenters. The number of ether oxygens (including phenoxy) is 4. The zero-order valence-electron chi connectivity index (χ0n) is 45.2. The quantitative estimate of drug-likeness (QED) is 0.0488. The number of aliphatic hydroxyl groups excluding tert-OH is 1. The Bertz CT molecular complexity index is 3230. The Morgan fingerprint density at radius 1 is 0.537 bits per heavy atom. The molecule has 3 heterocycles. The molecule has 3 radical (unpaired) electrons. The van der Waals surface area contributed by atoms with Crippen molar-refractivity contribution in [1.82, 2.24) is 12.9 Å². The molecule has 3 aliphatic rings. The van der Waals surface area contributed by atoms with Crippen LogP contribution in [-0.4, -0.2) is 148 Å². The summed E-state index contributed by atoms with van der Waals surface area (Å²) in [6, 6.07) is 24.8. The lowest BCUT2D eigenvalue weighted by atomic mass is 10.3. The first-order valence-electron chi connectivity index (χ1n) is 24.0. The summed E-state index contributed by atoms with van der Waals surface area (Å²) < 4.78 is 122. The van der Waals surface area contributed by atoms with E-state index in [1.54, 1.807) is 76.2 Å². The van der Waals surface area contributed by atoms with Crippen LogP contribution in [0.4, 0.5) is 0 Å². The first-order valence-corrected chi connectivity index (χ1v) is 32.1. The Kier molecular flexibility index (Phi) is 36.2. The highest BCUT2D eigenvalue weighted by Gasteiger charge is 2.34. The molecular formula is C55H70BClN3O14S8. The van der Waals surface area contributed by atoms with Gasteiger partial charge in [0.25, 0.3) is 9.05 Å². The topological polar surface area (TPSA) is 220 Å². The van der Waals surface area contributed by atoms with Crippen molar-refractivity contribution in [3.8, 4) is 70.4 Å². The summed E-state index contributed by atoms with van der Waals surface area (Å²) in [5, 5.41) is 9.62. The molecule has 3 saturated heterocycles. The van der Waals surface area contributed by atoms with Gasteiger partial charge in [0.2, 0.25) is 30.1 Å². The molecule has 7 rings (SSSR count). The van der Waals surface area contributed by atoms with Crippen LogP contribution < -0.4 is 18.9 Å². The predicted molar refractivity (Wildman–Crippen MR) is 339 cm³/mol. The third-order valence-electron chi connectivity index (χ3n) is 11.1. The van der Waals surface area contributed by atoms with Crippen LogP contribution in [0.15, 0.2) is 117 Å². The van der Waals surface area contributed by atoms with Crippen molar-refractivity contribution in [2.45, 2.75) is 97.5 Å². The van der Waals surface area contributed by atoms with E-state index in [4.69, 9.17) is 29.6 Å². The Morgan fingerprint density at radius 3 is 1.10 bits per heavy atom. The number of carbonyl (C=O) groups is 1. The van der Waals surface area contributed by atoms with Gasteiger partial charge in [-0.3, -0.25) is 4.79 Å². The van der Waals surface area contributed by atoms with Crippen LogP contribution in [0.1, 0.15) is 61.3 Å². The molecule has 3 aliphatic heterocycles. The fourth-order valence-electron chi connectivity index (χ4n) is 7.14. The molecule has 82 heavy (non-hydrogen) atoms. The number of carbonyl (C=O) groups excluding carboxylic acids is 1. The number of benzene rings is 4. The third-order valence-corrected chi connectivity index (χ3v) is 19.6. The number of rotatable bonds is 16. The SMILES string of the molecule is C.CC#CCOc1ccc(S(=O)(=O)Cl)cc1.CC#CCOc1ccc(S(=O)(=O)N2CC[C@@H](O)C2)cc1.CC#CCOc1ccc(S(=O)(=O)N2CC[C@H](S)C2)cc1.CC#CCOc1ccc(S(=O)(=O)N2CC[C@H](SC(C)=O)C2)cc1.S.S.[B]. The average molecular weight is 1300 g/mol. The molecule has 3 fully saturated rings. The number of nitrogens with zero attached hydrogens (tertiary/aromatic N) is 3. The second kappa shape index (κ2) is 38.4. The molecule has 0 spiro atoms. The first kappa shape index (κ1) is 77.4. The molecule has 1 N–H and O–H groups in total. The Labute approximate surface area is 516 Å². The highest BCUT2D eigenvalue weighted by atomic mass is 35.7. The number of β-amino-alcohol motifs (C(OH)–C–C–N with tert-alkyl or cyclic N) is 1. The summed E-state index contributed by atoms with van der Waals surface area (Å²) in [6.45, 7) is 11.9. The molecule has 0 aromatic heterocycles. The van der Waals surface area contributed by atoms with Gasteiger partial charge in [-0.25, -0.2) is 33.7 Å². The Hall–Kier alpha value is -4.62. The van der Waals surface area contributed by atoms with Crippen LogP contribution in [-0.2, 0) is 43.9 Å². The van der Waals surface area contributed by atoms with Gasteiger partial charge < -0.3 is 24.1 Å². The molecule has 4 aromatic carbocycles. The van der Waals surface area contributed by atoms with Crippen molar-refractivity contribution in [3.63, 3.8) is 0 Å². The number of sulfonamides is 3. The van der Waals surface area contributed by atoms with Crippen molar-refractivity contribution in [3.05, 3.63) is 97.1 Å². The van der Waals surface area contributed by atoms with Crippen molar-refractivity contribution in [2.24, 2.45) is 0 Å². The van der Waals surface area contributed by atoms with Crippen LogP contribution in [0.5, 0.6) is 23.0 Å². The number of aliphatic hydroxyl groups is 1. The van der Waals surface area contributed by atoms with E-state index in [-0.39, 0.29) is 104 Å². The van der Waals surface area contributed by atoms with Crippen molar-refractivity contribution in [1.29, 1.82) is 0 Å². The highest BCUT2D eigenvalue weighted by Crippen LogP contribution is 2.30. The number of halogens is 1. The normalized spacial score (nSPS) is 16.5. The van der Waals surface area contributed by atoms with Crippen molar-refractivity contribution < 1.29 is 62.5 Å². The minimum atomic E-state index is -3.66. The lowest BCUT2D eigenvalue weighted by molar-refractivity contribution is -0.109. The number of thioether (sulfide) groups is 1. The van der Waals surface area contributed by atoms with Crippen molar-refractivity contribution in [2.75, 3.05) is 65.7 Å². The second-order valence-electron chi connectivity index (χ2n) is 16.7. The maximum absolute atomic E-state index is 12.6. The van der Waals surface area contributed by atoms with Gasteiger partial charge >= 0.3 is 0 Å². The molecule has 27 heteroatoms. The van der Waals surface area contributed by atoms with Gasteiger partial charge in [-0.05, 0) is 144 Å². The van der Waals surface area contributed by atoms with Gasteiger partial charge in [-0.15, -0.1) is 23.7 Å². The third kappa shape index (κ3) is 25.3. The molecule has 3 atom stereocenters. The maximum Gasteiger partial charge on any atom is 0.261 e. The molecule has 0 saturated carbocycles. The van der Waals surface area contributed by atoms with E-state index in [9.17, 15) is 43.6 Å². The Morgan fingerprint density at radius 2 is 0.829 bits per heavy atom. The molecule has 0 bridgehead atoms. The highest BCUT2D eigenvalue weighted by molar-refractivity contribution is 8.14. The lowest BCUT2D eigenvalue weighted by Crippen LogP contribution is -2.29. The van der Waals surface area contributed by atoms with Gasteiger partial charge in [0, 0.05) is 75.8 Å². The predicted octanol–water partition coefficient (Wildman–Crippen LogP) is 7.25. The molecular weight excluding hydrogens is 1230 g/mol. The zero-order valence-corrected chi connectivity index (χ0v) is 52.9. The molecule has 0 amide bonds. The fourth-order valence-corrected chi connectivity index (χ4v) is 13.9. The van der Waals surface area contributed by atoms with Gasteiger partial charge in [0.05, 0.1) is 25.7 Å². The largest absolute Gasteiger partial charge is 0.481 e. The van der Waals surface area contributed by atoms with Crippen LogP contribution >= 0.6 is 62.1 Å². The van der Waals surface area contributed by atoms with E-state index < -0.39 is 45.2 Å². The number of thiol groups is 1. The van der Waals surface area contributed by atoms with E-state index in [2.05, 4.69) is 60.0 Å². The first-order chi connectivity index (χ1) is 37.0. The van der Waals surface area contributed by atoms with Crippen LogP contribution in [0.3, 0.4) is 0 Å². The summed E-state index contributed by atoms with van der Waals surface area (Å²) in [6.07, 6.45) is 1.40. The van der Waals surface area contributed by atoms with E-state index in [1.165, 1.54) is 80.1 Å². The second-order valence-corrected chi connectivity index (χ2v) is 27.3. The minimum Gasteiger partial charge on any atom is -0.481 e. The molecule has 4 aromatic rings. The van der Waals surface area contributed by atoms with Gasteiger partial charge in [0.15, 0.2) is 5.12 Å². The van der Waals surface area contributed by atoms with Gasteiger partial charge in [-0.1, -0.05) is 42.9 Å². The van der Waals surface area contributed by atoms with Gasteiger partial charge in [0.1, 0.15) is 49.4 Å². The molecule has 17 nitrogen and oxygen atoms in total. The van der Waals surface area contributed by atoms with E-state index >= 15 is 0 Å². The zero-order chi connectivity index (χ0) is 57.4. The van der Waals surface area contributed by atoms with Crippen LogP contribution in [0.25, 0.3) is 0 Å². The minimum absolute atomic E-state index is 0. The average Bonchev–Trinajstić information content (AvgIpc) is 4.20. The monoisotopic (exact) mass is 1300 g/mol. The Balaban J connectivity index is 0.00000106. The lowest BCUT2D eigenvalue weighted by Gasteiger charge is -2.16. The standard InChI is InChI=1S/C16H19NO4S2.C14H17NO4S.C14H17NO3S2.C10H9ClO3S.CH4.B.2H2S/c1-3-4-11-21-14-5-7-16(8-6-14)23(19,20)17-10-9-15(12-17)22-13(2)18;1-2-3-10-19-13-4-6-14(7-5-13)20(17,18)15-9-8-12(16)11-15;1-2-3-10-18-12-4-6-14(7-5-12)20(16,17)15-9-8-13(19)11-15;1-2-3-8-14-9-4-6-10(7-5-9)15(11,12)13;;;;/h5-8,15H,9-12H2,1-2H3;4-7,12,16H,8-11H2,1H3;4-7,13,19H,8-11H2,1H3;4-7H,8H2,1H3;1H4;;2*1H2/t15-;12-;13-;;;;;/m010...../s1. The number of hydrogen-bond donors (Lipinski definition) is 2. The summed E-state index contributed by atoms with van der Waals surface area (Å²) in [5.74, 6) is 24.2. The fraction of sp³-hybridized carbons (Fsp3) is 0.400. The summed E-state index contributed by atoms with van der Waals surface area (Å²) in [7, 11) is -8.97. The van der Waals surface area contributed by atoms with E-state index in [1.807, 2.05) is 0 Å². The summed E-state index contributed by atoms with van der Waals surface area (Å²) >= 11 is 5.53. The molecule has 447 valence electrons. The maximum atomic E-state index is 12.6. The summed E-state index contributed by atoms with van der Waals surface area (Å²) in [5.41, 5.74) is 0. The van der Waals surface area contributed by atoms with E-state index in [0.29, 0.717) is 75.2 Å². The summed E-state index contributed by atoms with van der Waals surface area (Å²) in [4.78, 5) is 11.9. The van der Waals surface area contributed by atoms with Crippen molar-refractivity contribution >= 4 is 115 Å². The molecule has 0 aliphatic carbocycles. The van der Waals surface area contributed by atoms with E-state index in [0.717, 1.165) is 6.42 Å². The van der Waals surface area contributed by atoms with Crippen LogP contribution in [0, 0.1) is 47.4 Å².